The van der Waals surface area contributed by atoms with E-state index in [1.165, 1.54) is 25.7 Å². The number of unbranched alkanes of at least 4 members (excludes halogenated alkanes) is 6. The third-order valence-electron chi connectivity index (χ3n) is 3.08. The lowest BCUT2D eigenvalue weighted by atomic mass is 10.1. The van der Waals surface area contributed by atoms with E-state index in [4.69, 9.17) is 5.11 Å². The number of hydrogen-bond donors (Lipinski definition) is 1. The predicted molar refractivity (Wildman–Crippen MR) is 72.3 cm³/mol. The number of carbonyl (C=O) groups excluding carboxylic acids is 1. The Morgan fingerprint density at radius 2 is 1.68 bits per heavy atom. The molecule has 0 radical (unpaired) electrons. The van der Waals surface area contributed by atoms with Gasteiger partial charge in [-0.1, -0.05) is 45.4 Å². The maximum Gasteiger partial charge on any atom is 0.255 e. The van der Waals surface area contributed by atoms with Crippen molar-refractivity contribution in [3.63, 3.8) is 0 Å². The van der Waals surface area contributed by atoms with Crippen LogP contribution in [0.4, 0.5) is 8.78 Å². The summed E-state index contributed by atoms with van der Waals surface area (Å²) in [5.74, 6) is -0.275. The number of aliphatic hydroxyl groups excluding tert-OH is 1. The number of amides is 1. The Balaban J connectivity index is 3.68. The minimum atomic E-state index is -2.54. The minimum absolute atomic E-state index is 0.000324. The molecule has 0 saturated heterocycles. The van der Waals surface area contributed by atoms with Crippen LogP contribution in [-0.2, 0) is 4.79 Å². The van der Waals surface area contributed by atoms with E-state index in [9.17, 15) is 13.6 Å². The van der Waals surface area contributed by atoms with Crippen molar-refractivity contribution in [2.75, 3.05) is 19.7 Å². The summed E-state index contributed by atoms with van der Waals surface area (Å²) in [4.78, 5) is 12.7. The first-order chi connectivity index (χ1) is 9.11. The second-order valence-electron chi connectivity index (χ2n) is 4.83. The largest absolute Gasteiger partial charge is 0.395 e. The minimum Gasteiger partial charge on any atom is -0.395 e. The van der Waals surface area contributed by atoms with Gasteiger partial charge in [0.05, 0.1) is 13.2 Å². The van der Waals surface area contributed by atoms with Crippen LogP contribution in [-0.4, -0.2) is 42.0 Å². The van der Waals surface area contributed by atoms with Crippen molar-refractivity contribution in [2.24, 2.45) is 0 Å². The Morgan fingerprint density at radius 1 is 1.11 bits per heavy atom. The Bertz CT molecular complexity index is 225. The number of rotatable bonds is 12. The monoisotopic (exact) mass is 279 g/mol. The van der Waals surface area contributed by atoms with E-state index < -0.39 is 13.0 Å². The van der Waals surface area contributed by atoms with Crippen LogP contribution in [0.5, 0.6) is 0 Å². The SMILES string of the molecule is CCCCCCCCCC(=O)N(CCO)CC(F)F. The summed E-state index contributed by atoms with van der Waals surface area (Å²) in [6, 6.07) is 0. The summed E-state index contributed by atoms with van der Waals surface area (Å²) in [6.45, 7) is 1.32. The lowest BCUT2D eigenvalue weighted by molar-refractivity contribution is -0.133. The van der Waals surface area contributed by atoms with Gasteiger partial charge in [0, 0.05) is 13.0 Å². The van der Waals surface area contributed by atoms with Crippen molar-refractivity contribution in [2.45, 2.75) is 64.7 Å². The van der Waals surface area contributed by atoms with Gasteiger partial charge in [-0.3, -0.25) is 4.79 Å². The zero-order chi connectivity index (χ0) is 14.5. The molecule has 0 bridgehead atoms. The summed E-state index contributed by atoms with van der Waals surface area (Å²) >= 11 is 0. The van der Waals surface area contributed by atoms with Gasteiger partial charge in [-0.25, -0.2) is 8.78 Å². The van der Waals surface area contributed by atoms with Crippen LogP contribution in [0.3, 0.4) is 0 Å². The lowest BCUT2D eigenvalue weighted by Gasteiger charge is -2.21. The van der Waals surface area contributed by atoms with Crippen LogP contribution in [0.2, 0.25) is 0 Å². The Hall–Kier alpha value is -0.710. The third-order valence-corrected chi connectivity index (χ3v) is 3.08. The van der Waals surface area contributed by atoms with Crippen LogP contribution in [0, 0.1) is 0 Å². The smallest absolute Gasteiger partial charge is 0.255 e. The van der Waals surface area contributed by atoms with Gasteiger partial charge < -0.3 is 10.0 Å². The van der Waals surface area contributed by atoms with Gasteiger partial charge in [-0.2, -0.15) is 0 Å². The fourth-order valence-electron chi connectivity index (χ4n) is 2.00. The molecule has 19 heavy (non-hydrogen) atoms. The van der Waals surface area contributed by atoms with E-state index in [-0.39, 0.29) is 19.1 Å². The van der Waals surface area contributed by atoms with Crippen LogP contribution < -0.4 is 0 Å². The quantitative estimate of drug-likeness (QED) is 0.557. The maximum absolute atomic E-state index is 12.3. The fraction of sp³-hybridized carbons (Fsp3) is 0.929. The molecule has 0 rings (SSSR count). The van der Waals surface area contributed by atoms with Gasteiger partial charge in [0.1, 0.15) is 0 Å². The van der Waals surface area contributed by atoms with Crippen molar-refractivity contribution in [1.82, 2.24) is 4.90 Å². The average Bonchev–Trinajstić information content (AvgIpc) is 2.36. The molecule has 1 amide bonds. The zero-order valence-electron chi connectivity index (χ0n) is 11.9. The first-order valence-corrected chi connectivity index (χ1v) is 7.28. The second-order valence-corrected chi connectivity index (χ2v) is 4.83. The zero-order valence-corrected chi connectivity index (χ0v) is 11.9. The molecule has 0 heterocycles. The normalized spacial score (nSPS) is 11.0. The van der Waals surface area contributed by atoms with Gasteiger partial charge in [0.25, 0.3) is 6.43 Å². The molecule has 0 aliphatic heterocycles. The Labute approximate surface area is 115 Å². The molecule has 0 aliphatic carbocycles. The molecule has 0 aromatic carbocycles. The number of carbonyl (C=O) groups is 1. The van der Waals surface area contributed by atoms with E-state index in [0.29, 0.717) is 6.42 Å². The van der Waals surface area contributed by atoms with Crippen molar-refractivity contribution in [1.29, 1.82) is 0 Å². The average molecular weight is 279 g/mol. The molecule has 114 valence electrons. The van der Waals surface area contributed by atoms with Crippen LogP contribution in [0.1, 0.15) is 58.3 Å². The first-order valence-electron chi connectivity index (χ1n) is 7.28. The molecule has 0 unspecified atom stereocenters. The molecule has 1 N–H and O–H groups in total. The second kappa shape index (κ2) is 12.3. The summed E-state index contributed by atoms with van der Waals surface area (Å²) < 4.78 is 24.5. The van der Waals surface area contributed by atoms with Crippen molar-refractivity contribution in [3.05, 3.63) is 0 Å². The van der Waals surface area contributed by atoms with Gasteiger partial charge in [-0.15, -0.1) is 0 Å². The highest BCUT2D eigenvalue weighted by atomic mass is 19.3. The number of nitrogens with zero attached hydrogens (tertiary/aromatic N) is 1. The molecular weight excluding hydrogens is 252 g/mol. The molecule has 0 aliphatic rings. The Morgan fingerprint density at radius 3 is 2.21 bits per heavy atom. The van der Waals surface area contributed by atoms with Gasteiger partial charge >= 0.3 is 0 Å². The molecule has 0 aromatic rings. The van der Waals surface area contributed by atoms with Crippen molar-refractivity contribution >= 4 is 5.91 Å². The van der Waals surface area contributed by atoms with Gasteiger partial charge in [-0.05, 0) is 6.42 Å². The van der Waals surface area contributed by atoms with E-state index in [1.54, 1.807) is 0 Å². The number of aliphatic hydroxyl groups is 1. The lowest BCUT2D eigenvalue weighted by Crippen LogP contribution is -2.37. The number of halogens is 2. The number of alkyl halides is 2. The summed E-state index contributed by atoms with van der Waals surface area (Å²) in [6.07, 6.45) is 5.45. The van der Waals surface area contributed by atoms with Gasteiger partial charge in [0.2, 0.25) is 5.91 Å². The standard InChI is InChI=1S/C14H27F2NO2/c1-2-3-4-5-6-7-8-9-14(19)17(10-11-18)12-13(15)16/h13,18H,2-12H2,1H3. The predicted octanol–water partition coefficient (Wildman–Crippen LogP) is 3.21. The van der Waals surface area contributed by atoms with Crippen molar-refractivity contribution < 1.29 is 18.7 Å². The third kappa shape index (κ3) is 10.9. The summed E-state index contributed by atoms with van der Waals surface area (Å²) in [7, 11) is 0. The topological polar surface area (TPSA) is 40.5 Å². The molecule has 0 fully saturated rings. The molecule has 5 heteroatoms. The van der Waals surface area contributed by atoms with Crippen LogP contribution in [0.25, 0.3) is 0 Å². The Kier molecular flexibility index (Phi) is 11.9. The number of hydrogen-bond acceptors (Lipinski definition) is 2. The van der Waals surface area contributed by atoms with E-state index >= 15 is 0 Å². The molecule has 3 nitrogen and oxygen atoms in total. The molecule has 0 atom stereocenters. The fourth-order valence-corrected chi connectivity index (χ4v) is 2.00. The van der Waals surface area contributed by atoms with Crippen molar-refractivity contribution in [3.8, 4) is 0 Å². The van der Waals surface area contributed by atoms with E-state index in [2.05, 4.69) is 6.92 Å². The first kappa shape index (κ1) is 18.3. The highest BCUT2D eigenvalue weighted by molar-refractivity contribution is 5.76. The highest BCUT2D eigenvalue weighted by Gasteiger charge is 2.16. The maximum atomic E-state index is 12.3. The molecule has 0 aromatic heterocycles. The summed E-state index contributed by atoms with van der Waals surface area (Å²) in [5, 5.41) is 8.75. The summed E-state index contributed by atoms with van der Waals surface area (Å²) in [5.41, 5.74) is 0. The molecule has 0 saturated carbocycles. The molecule has 0 spiro atoms. The molecular formula is C14H27F2NO2. The van der Waals surface area contributed by atoms with E-state index in [0.717, 1.165) is 24.2 Å². The van der Waals surface area contributed by atoms with Crippen LogP contribution in [0.15, 0.2) is 0 Å². The van der Waals surface area contributed by atoms with Crippen LogP contribution >= 0.6 is 0 Å². The van der Waals surface area contributed by atoms with E-state index in [1.807, 2.05) is 0 Å². The van der Waals surface area contributed by atoms with Gasteiger partial charge in [0.15, 0.2) is 0 Å². The highest BCUT2D eigenvalue weighted by Crippen LogP contribution is 2.10.